The second-order valence-electron chi connectivity index (χ2n) is 5.37. The molecule has 0 radical (unpaired) electrons. The summed E-state index contributed by atoms with van der Waals surface area (Å²) in [7, 11) is 0. The van der Waals surface area contributed by atoms with Crippen molar-refractivity contribution in [2.24, 2.45) is 23.0 Å². The summed E-state index contributed by atoms with van der Waals surface area (Å²) in [6, 6.07) is -0.00530. The molecule has 0 spiro atoms. The van der Waals surface area contributed by atoms with Gasteiger partial charge < -0.3 is 10.8 Å². The first-order valence-electron chi connectivity index (χ1n) is 4.84. The first kappa shape index (κ1) is 8.52. The summed E-state index contributed by atoms with van der Waals surface area (Å²) in [5.41, 5.74) is 5.60. The number of aliphatic hydroxyl groups is 1. The highest BCUT2D eigenvalue weighted by atomic mass is 16.3. The van der Waals surface area contributed by atoms with Crippen LogP contribution in [0, 0.1) is 17.3 Å². The van der Waals surface area contributed by atoms with E-state index in [-0.39, 0.29) is 6.04 Å². The summed E-state index contributed by atoms with van der Waals surface area (Å²) >= 11 is 0. The highest BCUT2D eigenvalue weighted by molar-refractivity contribution is 5.13. The molecule has 0 aromatic rings. The monoisotopic (exact) mass is 169 g/mol. The highest BCUT2D eigenvalue weighted by Crippen LogP contribution is 2.62. The number of fused-ring (bicyclic) bond motifs is 2. The largest absolute Gasteiger partial charge is 0.388 e. The fraction of sp³-hybridized carbons (Fsp3) is 1.00. The lowest BCUT2D eigenvalue weighted by Gasteiger charge is -2.64. The molecule has 12 heavy (non-hydrogen) atoms. The Bertz CT molecular complexity index is 210. The highest BCUT2D eigenvalue weighted by Gasteiger charge is 2.61. The molecule has 0 aliphatic heterocycles. The van der Waals surface area contributed by atoms with Crippen molar-refractivity contribution in [3.63, 3.8) is 0 Å². The SMILES string of the molecule is CC1(C)C2CC(N)C(C)(O)C1C2. The number of nitrogens with two attached hydrogens (primary N) is 1. The smallest absolute Gasteiger partial charge is 0.0803 e. The van der Waals surface area contributed by atoms with Gasteiger partial charge in [0.25, 0.3) is 0 Å². The van der Waals surface area contributed by atoms with Crippen LogP contribution in [-0.2, 0) is 0 Å². The molecule has 3 N–H and O–H groups in total. The summed E-state index contributed by atoms with van der Waals surface area (Å²) in [6.45, 7) is 6.41. The van der Waals surface area contributed by atoms with E-state index in [0.29, 0.717) is 11.3 Å². The Morgan fingerprint density at radius 1 is 1.25 bits per heavy atom. The maximum atomic E-state index is 10.2. The standard InChI is InChI=1S/C10H19NO/c1-9(2)6-4-7(9)10(3,12)8(11)5-6/h6-8,12H,4-5,11H2,1-3H3. The molecule has 3 aliphatic carbocycles. The van der Waals surface area contributed by atoms with Crippen molar-refractivity contribution in [3.05, 3.63) is 0 Å². The third-order valence-electron chi connectivity index (χ3n) is 4.47. The van der Waals surface area contributed by atoms with Crippen LogP contribution in [-0.4, -0.2) is 16.7 Å². The van der Waals surface area contributed by atoms with Crippen molar-refractivity contribution in [1.82, 2.24) is 0 Å². The fourth-order valence-electron chi connectivity index (χ4n) is 3.21. The van der Waals surface area contributed by atoms with E-state index in [2.05, 4.69) is 13.8 Å². The van der Waals surface area contributed by atoms with Crippen LogP contribution in [0.1, 0.15) is 33.6 Å². The normalized spacial score (nSPS) is 56.2. The van der Waals surface area contributed by atoms with E-state index in [9.17, 15) is 5.11 Å². The van der Waals surface area contributed by atoms with E-state index in [4.69, 9.17) is 5.73 Å². The maximum absolute atomic E-state index is 10.2. The van der Waals surface area contributed by atoms with Crippen LogP contribution < -0.4 is 5.73 Å². The molecule has 0 amide bonds. The van der Waals surface area contributed by atoms with E-state index >= 15 is 0 Å². The van der Waals surface area contributed by atoms with Gasteiger partial charge in [0.15, 0.2) is 0 Å². The van der Waals surface area contributed by atoms with Gasteiger partial charge in [0.1, 0.15) is 0 Å². The molecule has 0 heterocycles. The molecule has 0 saturated heterocycles. The van der Waals surface area contributed by atoms with Crippen LogP contribution in [0.5, 0.6) is 0 Å². The van der Waals surface area contributed by atoms with E-state index in [0.717, 1.165) is 12.3 Å². The topological polar surface area (TPSA) is 46.2 Å². The minimum atomic E-state index is -0.627. The van der Waals surface area contributed by atoms with Crippen molar-refractivity contribution in [2.45, 2.75) is 45.3 Å². The lowest BCUT2D eigenvalue weighted by molar-refractivity contribution is -0.202. The van der Waals surface area contributed by atoms with Gasteiger partial charge in [0, 0.05) is 6.04 Å². The summed E-state index contributed by atoms with van der Waals surface area (Å²) in [5, 5.41) is 10.2. The van der Waals surface area contributed by atoms with Crippen molar-refractivity contribution < 1.29 is 5.11 Å². The second-order valence-corrected chi connectivity index (χ2v) is 5.37. The summed E-state index contributed by atoms with van der Waals surface area (Å²) in [5.74, 6) is 1.16. The van der Waals surface area contributed by atoms with Gasteiger partial charge >= 0.3 is 0 Å². The van der Waals surface area contributed by atoms with Crippen LogP contribution in [0.3, 0.4) is 0 Å². The predicted octanol–water partition coefficient (Wildman–Crippen LogP) is 1.13. The molecular formula is C10H19NO. The van der Waals surface area contributed by atoms with Gasteiger partial charge in [-0.3, -0.25) is 0 Å². The number of hydrogen-bond donors (Lipinski definition) is 2. The minimum Gasteiger partial charge on any atom is -0.388 e. The Hall–Kier alpha value is -0.0800. The summed E-state index contributed by atoms with van der Waals surface area (Å²) < 4.78 is 0. The first-order valence-corrected chi connectivity index (χ1v) is 4.84. The zero-order valence-corrected chi connectivity index (χ0v) is 8.17. The lowest BCUT2D eigenvalue weighted by atomic mass is 9.43. The molecule has 0 aromatic carbocycles. The van der Waals surface area contributed by atoms with Gasteiger partial charge in [-0.2, -0.15) is 0 Å². The van der Waals surface area contributed by atoms with Crippen LogP contribution >= 0.6 is 0 Å². The Morgan fingerprint density at radius 2 is 1.83 bits per heavy atom. The van der Waals surface area contributed by atoms with Gasteiger partial charge in [-0.25, -0.2) is 0 Å². The van der Waals surface area contributed by atoms with Crippen molar-refractivity contribution in [1.29, 1.82) is 0 Å². The molecule has 3 saturated carbocycles. The van der Waals surface area contributed by atoms with Crippen molar-refractivity contribution in [2.75, 3.05) is 0 Å². The molecule has 3 aliphatic rings. The lowest BCUT2D eigenvalue weighted by Crippen LogP contribution is -2.68. The summed E-state index contributed by atoms with van der Waals surface area (Å²) in [6.07, 6.45) is 2.17. The van der Waals surface area contributed by atoms with Gasteiger partial charge in [0.05, 0.1) is 5.60 Å². The molecule has 2 nitrogen and oxygen atoms in total. The summed E-state index contributed by atoms with van der Waals surface area (Å²) in [4.78, 5) is 0. The van der Waals surface area contributed by atoms with Gasteiger partial charge in [0.2, 0.25) is 0 Å². The molecule has 0 aromatic heterocycles. The Kier molecular flexibility index (Phi) is 1.45. The molecule has 70 valence electrons. The van der Waals surface area contributed by atoms with Crippen LogP contribution in [0.2, 0.25) is 0 Å². The second kappa shape index (κ2) is 2.05. The van der Waals surface area contributed by atoms with E-state index in [1.54, 1.807) is 0 Å². The van der Waals surface area contributed by atoms with Gasteiger partial charge in [-0.1, -0.05) is 13.8 Å². The van der Waals surface area contributed by atoms with E-state index < -0.39 is 5.60 Å². The van der Waals surface area contributed by atoms with Crippen molar-refractivity contribution >= 4 is 0 Å². The molecule has 2 bridgehead atoms. The Morgan fingerprint density at radius 3 is 2.17 bits per heavy atom. The number of hydrogen-bond acceptors (Lipinski definition) is 2. The first-order chi connectivity index (χ1) is 5.37. The Balaban J connectivity index is 2.27. The quantitative estimate of drug-likeness (QED) is 0.571. The van der Waals surface area contributed by atoms with Crippen LogP contribution in [0.25, 0.3) is 0 Å². The van der Waals surface area contributed by atoms with E-state index in [1.165, 1.54) is 6.42 Å². The molecule has 3 fully saturated rings. The Labute approximate surface area is 74.1 Å². The third-order valence-corrected chi connectivity index (χ3v) is 4.47. The van der Waals surface area contributed by atoms with Gasteiger partial charge in [-0.15, -0.1) is 0 Å². The predicted molar refractivity (Wildman–Crippen MR) is 48.6 cm³/mol. The van der Waals surface area contributed by atoms with Crippen LogP contribution in [0.15, 0.2) is 0 Å². The zero-order valence-electron chi connectivity index (χ0n) is 8.17. The van der Waals surface area contributed by atoms with E-state index in [1.807, 2.05) is 6.92 Å². The molecule has 4 atom stereocenters. The molecule has 4 unspecified atom stereocenters. The molecular weight excluding hydrogens is 150 g/mol. The van der Waals surface area contributed by atoms with Crippen LogP contribution in [0.4, 0.5) is 0 Å². The van der Waals surface area contributed by atoms with Crippen molar-refractivity contribution in [3.8, 4) is 0 Å². The fourth-order valence-corrected chi connectivity index (χ4v) is 3.21. The molecule has 3 rings (SSSR count). The minimum absolute atomic E-state index is 0.00530. The molecule has 2 heteroatoms. The average Bonchev–Trinajstić information content (AvgIpc) is 1.93. The third kappa shape index (κ3) is 0.775. The maximum Gasteiger partial charge on any atom is 0.0803 e. The zero-order chi connectivity index (χ0) is 9.15. The average molecular weight is 169 g/mol. The number of rotatable bonds is 0. The van der Waals surface area contributed by atoms with Gasteiger partial charge in [-0.05, 0) is 37.0 Å².